The van der Waals surface area contributed by atoms with E-state index in [0.29, 0.717) is 17.9 Å². The monoisotopic (exact) mass is 344 g/mol. The molecule has 1 atom stereocenters. The molecule has 128 valence electrons. The number of amides is 1. The van der Waals surface area contributed by atoms with E-state index in [4.69, 9.17) is 0 Å². The molecule has 1 unspecified atom stereocenters. The maximum absolute atomic E-state index is 13.8. The van der Waals surface area contributed by atoms with Crippen LogP contribution in [0.2, 0.25) is 0 Å². The lowest BCUT2D eigenvalue weighted by Crippen LogP contribution is -2.33. The molecule has 3 rings (SSSR count). The Hall–Kier alpha value is -1.20. The van der Waals surface area contributed by atoms with Crippen LogP contribution in [0.1, 0.15) is 37.7 Å². The normalized spacial score (nSPS) is 20.2. The van der Waals surface area contributed by atoms with Crippen molar-refractivity contribution in [1.82, 2.24) is 10.2 Å². The van der Waals surface area contributed by atoms with Gasteiger partial charge in [-0.05, 0) is 50.8 Å². The highest BCUT2D eigenvalue weighted by molar-refractivity contribution is 5.85. The lowest BCUT2D eigenvalue weighted by atomic mass is 10.0. The van der Waals surface area contributed by atoms with Crippen molar-refractivity contribution < 1.29 is 13.6 Å². The van der Waals surface area contributed by atoms with Crippen molar-refractivity contribution in [3.05, 3.63) is 35.4 Å². The molecular weight excluding hydrogens is 322 g/mol. The SMILES string of the molecule is Cl.O=C(CCC1CCNC1)N(Cc1ccc(F)cc1F)C1CC1. The zero-order valence-electron chi connectivity index (χ0n) is 13.1. The molecule has 1 aromatic carbocycles. The summed E-state index contributed by atoms with van der Waals surface area (Å²) in [5.74, 6) is -0.483. The van der Waals surface area contributed by atoms with E-state index in [1.54, 1.807) is 4.90 Å². The van der Waals surface area contributed by atoms with Gasteiger partial charge >= 0.3 is 0 Å². The summed E-state index contributed by atoms with van der Waals surface area (Å²) < 4.78 is 26.8. The van der Waals surface area contributed by atoms with Crippen molar-refractivity contribution in [3.63, 3.8) is 0 Å². The lowest BCUT2D eigenvalue weighted by molar-refractivity contribution is -0.132. The van der Waals surface area contributed by atoms with Crippen LogP contribution in [0.15, 0.2) is 18.2 Å². The van der Waals surface area contributed by atoms with E-state index >= 15 is 0 Å². The topological polar surface area (TPSA) is 32.3 Å². The third-order valence-corrected chi connectivity index (χ3v) is 4.59. The Labute approximate surface area is 141 Å². The number of benzene rings is 1. The van der Waals surface area contributed by atoms with Gasteiger partial charge in [-0.2, -0.15) is 0 Å². The third-order valence-electron chi connectivity index (χ3n) is 4.59. The molecule has 1 aliphatic carbocycles. The molecule has 0 spiro atoms. The van der Waals surface area contributed by atoms with Gasteiger partial charge in [-0.1, -0.05) is 6.07 Å². The molecule has 0 bridgehead atoms. The molecule has 1 amide bonds. The third kappa shape index (κ3) is 4.88. The lowest BCUT2D eigenvalue weighted by Gasteiger charge is -2.23. The van der Waals surface area contributed by atoms with Crippen molar-refractivity contribution >= 4 is 18.3 Å². The first-order valence-electron chi connectivity index (χ1n) is 8.07. The Kier molecular flexibility index (Phi) is 6.36. The van der Waals surface area contributed by atoms with Crippen molar-refractivity contribution in [2.45, 2.75) is 44.7 Å². The van der Waals surface area contributed by atoms with Crippen LogP contribution in [-0.2, 0) is 11.3 Å². The minimum absolute atomic E-state index is 0. The fraction of sp³-hybridized carbons (Fsp3) is 0.588. The highest BCUT2D eigenvalue weighted by atomic mass is 35.5. The van der Waals surface area contributed by atoms with E-state index in [-0.39, 0.29) is 30.9 Å². The van der Waals surface area contributed by atoms with Crippen LogP contribution in [0.5, 0.6) is 0 Å². The predicted molar refractivity (Wildman–Crippen MR) is 87.4 cm³/mol. The molecule has 1 aliphatic heterocycles. The highest BCUT2D eigenvalue weighted by Gasteiger charge is 2.33. The van der Waals surface area contributed by atoms with E-state index in [9.17, 15) is 13.6 Å². The zero-order valence-corrected chi connectivity index (χ0v) is 13.9. The van der Waals surface area contributed by atoms with Gasteiger partial charge in [0.1, 0.15) is 11.6 Å². The van der Waals surface area contributed by atoms with Crippen LogP contribution in [0, 0.1) is 17.6 Å². The molecule has 2 fully saturated rings. The Balaban J connectivity index is 0.00000192. The second-order valence-corrected chi connectivity index (χ2v) is 6.39. The van der Waals surface area contributed by atoms with Gasteiger partial charge in [0.2, 0.25) is 5.91 Å². The fourth-order valence-corrected chi connectivity index (χ4v) is 3.07. The van der Waals surface area contributed by atoms with Gasteiger partial charge < -0.3 is 10.2 Å². The van der Waals surface area contributed by atoms with E-state index < -0.39 is 11.6 Å². The van der Waals surface area contributed by atoms with Crippen molar-refractivity contribution in [2.75, 3.05) is 13.1 Å². The first kappa shape index (κ1) is 18.1. The van der Waals surface area contributed by atoms with Gasteiger partial charge in [0.25, 0.3) is 0 Å². The number of nitrogens with one attached hydrogen (secondary N) is 1. The van der Waals surface area contributed by atoms with Crippen molar-refractivity contribution in [1.29, 1.82) is 0 Å². The first-order chi connectivity index (χ1) is 10.6. The average molecular weight is 345 g/mol. The molecule has 2 aliphatic rings. The second kappa shape index (κ2) is 8.06. The molecule has 0 radical (unpaired) electrons. The van der Waals surface area contributed by atoms with E-state index in [0.717, 1.165) is 44.8 Å². The van der Waals surface area contributed by atoms with Crippen LogP contribution in [0.3, 0.4) is 0 Å². The van der Waals surface area contributed by atoms with Crippen LogP contribution < -0.4 is 5.32 Å². The van der Waals surface area contributed by atoms with Gasteiger partial charge in [0.05, 0.1) is 0 Å². The molecule has 6 heteroatoms. The van der Waals surface area contributed by atoms with Gasteiger partial charge in [0, 0.05) is 30.6 Å². The maximum atomic E-state index is 13.8. The molecular formula is C17H23ClF2N2O. The van der Waals surface area contributed by atoms with Crippen LogP contribution in [0.25, 0.3) is 0 Å². The van der Waals surface area contributed by atoms with Gasteiger partial charge in [0.15, 0.2) is 0 Å². The molecule has 1 heterocycles. The summed E-state index contributed by atoms with van der Waals surface area (Å²) in [6, 6.07) is 3.81. The molecule has 23 heavy (non-hydrogen) atoms. The van der Waals surface area contributed by atoms with Crippen LogP contribution in [0.4, 0.5) is 8.78 Å². The average Bonchev–Trinajstić information content (AvgIpc) is 3.19. The maximum Gasteiger partial charge on any atom is 0.223 e. The number of hydrogen-bond acceptors (Lipinski definition) is 2. The van der Waals surface area contributed by atoms with E-state index in [1.165, 1.54) is 12.1 Å². The summed E-state index contributed by atoms with van der Waals surface area (Å²) in [6.07, 6.45) is 4.51. The molecule has 3 nitrogen and oxygen atoms in total. The number of nitrogens with zero attached hydrogens (tertiary/aromatic N) is 1. The highest BCUT2D eigenvalue weighted by Crippen LogP contribution is 2.30. The summed E-state index contributed by atoms with van der Waals surface area (Å²) in [7, 11) is 0. The molecule has 0 aromatic heterocycles. The summed E-state index contributed by atoms with van der Waals surface area (Å²) >= 11 is 0. The van der Waals surface area contributed by atoms with Crippen molar-refractivity contribution in [3.8, 4) is 0 Å². The van der Waals surface area contributed by atoms with E-state index in [1.807, 2.05) is 0 Å². The molecule has 1 aromatic rings. The van der Waals surface area contributed by atoms with Gasteiger partial charge in [-0.3, -0.25) is 4.79 Å². The van der Waals surface area contributed by atoms with Crippen LogP contribution in [-0.4, -0.2) is 29.9 Å². The van der Waals surface area contributed by atoms with Crippen molar-refractivity contribution in [2.24, 2.45) is 5.92 Å². The Morgan fingerprint density at radius 2 is 2.04 bits per heavy atom. The summed E-state index contributed by atoms with van der Waals surface area (Å²) in [5.41, 5.74) is 0.393. The van der Waals surface area contributed by atoms with Gasteiger partial charge in [-0.25, -0.2) is 8.78 Å². The standard InChI is InChI=1S/C17H22F2N2O.ClH/c18-14-3-2-13(16(19)9-14)11-21(15-4-5-15)17(22)6-1-12-7-8-20-10-12;/h2-3,9,12,15,20H,1,4-8,10-11H2;1H. The summed E-state index contributed by atoms with van der Waals surface area (Å²) in [5, 5.41) is 3.30. The number of carbonyl (C=O) groups is 1. The first-order valence-corrected chi connectivity index (χ1v) is 8.07. The van der Waals surface area contributed by atoms with Gasteiger partial charge in [-0.15, -0.1) is 12.4 Å². The van der Waals surface area contributed by atoms with Crippen LogP contribution >= 0.6 is 12.4 Å². The summed E-state index contributed by atoms with van der Waals surface area (Å²) in [4.78, 5) is 14.2. The summed E-state index contributed by atoms with van der Waals surface area (Å²) in [6.45, 7) is 2.27. The number of carbonyl (C=O) groups excluding carboxylic acids is 1. The smallest absolute Gasteiger partial charge is 0.223 e. The number of rotatable bonds is 6. The fourth-order valence-electron chi connectivity index (χ4n) is 3.07. The Morgan fingerprint density at radius 3 is 2.65 bits per heavy atom. The Bertz CT molecular complexity index is 545. The second-order valence-electron chi connectivity index (χ2n) is 6.39. The largest absolute Gasteiger partial charge is 0.335 e. The number of halogens is 3. The quantitative estimate of drug-likeness (QED) is 0.859. The minimum atomic E-state index is -0.584. The molecule has 1 saturated heterocycles. The van der Waals surface area contributed by atoms with E-state index in [2.05, 4.69) is 5.32 Å². The Morgan fingerprint density at radius 1 is 1.26 bits per heavy atom. The minimum Gasteiger partial charge on any atom is -0.335 e. The zero-order chi connectivity index (χ0) is 15.5. The molecule has 1 saturated carbocycles. The molecule has 1 N–H and O–H groups in total. The predicted octanol–water partition coefficient (Wildman–Crippen LogP) is 3.27. The number of hydrogen-bond donors (Lipinski definition) is 1.